The van der Waals surface area contributed by atoms with Crippen LogP contribution in [-0.2, 0) is 4.74 Å². The lowest BCUT2D eigenvalue weighted by Gasteiger charge is -2.39. The lowest BCUT2D eigenvalue weighted by atomic mass is 9.89. The molecular weight excluding hydrogens is 212 g/mol. The molecule has 5 atom stereocenters. The predicted molar refractivity (Wildman–Crippen MR) is 69.1 cm³/mol. The highest BCUT2D eigenvalue weighted by atomic mass is 16.5. The van der Waals surface area contributed by atoms with Gasteiger partial charge in [0.05, 0.1) is 12.2 Å². The standard InChI is InChI=1S/C14H26N2O/c1-3-16-7-6-12(10(2)9-16)15-13-8-11-4-5-14(13)17-11/h10-15H,3-9H2,1-2H3/t10-,11-,12+,13-,14-/m1/s1. The van der Waals surface area contributed by atoms with Crippen LogP contribution in [0.15, 0.2) is 0 Å². The van der Waals surface area contributed by atoms with Gasteiger partial charge in [-0.25, -0.2) is 0 Å². The van der Waals surface area contributed by atoms with Crippen LogP contribution in [-0.4, -0.2) is 48.8 Å². The maximum Gasteiger partial charge on any atom is 0.0733 e. The van der Waals surface area contributed by atoms with Crippen LogP contribution in [0.4, 0.5) is 0 Å². The number of rotatable bonds is 3. The molecule has 0 unspecified atom stereocenters. The SMILES string of the molecule is CCN1CC[C@H](N[C@@H]2C[C@H]3CC[C@H]2O3)[C@H](C)C1. The number of ether oxygens (including phenoxy) is 1. The Morgan fingerprint density at radius 2 is 2.12 bits per heavy atom. The van der Waals surface area contributed by atoms with Gasteiger partial charge in [-0.2, -0.15) is 0 Å². The van der Waals surface area contributed by atoms with Gasteiger partial charge in [-0.3, -0.25) is 0 Å². The summed E-state index contributed by atoms with van der Waals surface area (Å²) in [5, 5.41) is 3.89. The average molecular weight is 238 g/mol. The summed E-state index contributed by atoms with van der Waals surface area (Å²) in [6.07, 6.45) is 6.24. The number of hydrogen-bond acceptors (Lipinski definition) is 3. The second-order valence-electron chi connectivity index (χ2n) is 6.15. The van der Waals surface area contributed by atoms with Crippen LogP contribution in [0, 0.1) is 5.92 Å². The second-order valence-corrected chi connectivity index (χ2v) is 6.15. The van der Waals surface area contributed by atoms with Gasteiger partial charge in [0.15, 0.2) is 0 Å². The Kier molecular flexibility index (Phi) is 3.42. The molecule has 0 aromatic heterocycles. The van der Waals surface area contributed by atoms with E-state index in [1.165, 1.54) is 45.3 Å². The molecule has 0 radical (unpaired) electrons. The van der Waals surface area contributed by atoms with Gasteiger partial charge < -0.3 is 15.0 Å². The first-order chi connectivity index (χ1) is 8.26. The zero-order valence-electron chi connectivity index (χ0n) is 11.2. The highest BCUT2D eigenvalue weighted by molar-refractivity contribution is 4.96. The van der Waals surface area contributed by atoms with E-state index < -0.39 is 0 Å². The summed E-state index contributed by atoms with van der Waals surface area (Å²) in [7, 11) is 0. The van der Waals surface area contributed by atoms with E-state index >= 15 is 0 Å². The fourth-order valence-electron chi connectivity index (χ4n) is 3.85. The monoisotopic (exact) mass is 238 g/mol. The van der Waals surface area contributed by atoms with Crippen molar-refractivity contribution in [3.8, 4) is 0 Å². The molecule has 0 aromatic carbocycles. The molecule has 3 heteroatoms. The van der Waals surface area contributed by atoms with Crippen molar-refractivity contribution in [2.24, 2.45) is 5.92 Å². The molecular formula is C14H26N2O. The maximum atomic E-state index is 5.93. The molecule has 98 valence electrons. The molecule has 3 rings (SSSR count). The summed E-state index contributed by atoms with van der Waals surface area (Å²) < 4.78 is 5.93. The number of nitrogens with one attached hydrogen (secondary N) is 1. The van der Waals surface area contributed by atoms with Gasteiger partial charge in [-0.1, -0.05) is 13.8 Å². The van der Waals surface area contributed by atoms with E-state index in [1.807, 2.05) is 0 Å². The second kappa shape index (κ2) is 4.87. The first-order valence-electron chi connectivity index (χ1n) is 7.40. The molecule has 3 fully saturated rings. The Bertz CT molecular complexity index is 271. The van der Waals surface area contributed by atoms with E-state index in [1.54, 1.807) is 0 Å². The van der Waals surface area contributed by atoms with Gasteiger partial charge in [-0.05, 0) is 44.7 Å². The van der Waals surface area contributed by atoms with Crippen LogP contribution in [0.3, 0.4) is 0 Å². The first kappa shape index (κ1) is 11.9. The number of hydrogen-bond donors (Lipinski definition) is 1. The Hall–Kier alpha value is -0.120. The molecule has 1 N–H and O–H groups in total. The Labute approximate surface area is 105 Å². The molecule has 0 aromatic rings. The van der Waals surface area contributed by atoms with Crippen molar-refractivity contribution in [1.82, 2.24) is 10.2 Å². The van der Waals surface area contributed by atoms with E-state index in [9.17, 15) is 0 Å². The number of fused-ring (bicyclic) bond motifs is 2. The largest absolute Gasteiger partial charge is 0.373 e. The third-order valence-corrected chi connectivity index (χ3v) is 4.97. The van der Waals surface area contributed by atoms with Crippen molar-refractivity contribution in [3.63, 3.8) is 0 Å². The molecule has 3 nitrogen and oxygen atoms in total. The van der Waals surface area contributed by atoms with Crippen molar-refractivity contribution in [2.75, 3.05) is 19.6 Å². The highest BCUT2D eigenvalue weighted by Gasteiger charge is 2.42. The van der Waals surface area contributed by atoms with E-state index in [0.29, 0.717) is 24.3 Å². The van der Waals surface area contributed by atoms with E-state index in [2.05, 4.69) is 24.1 Å². The van der Waals surface area contributed by atoms with Crippen LogP contribution in [0.5, 0.6) is 0 Å². The first-order valence-corrected chi connectivity index (χ1v) is 7.40. The molecule has 3 aliphatic heterocycles. The summed E-state index contributed by atoms with van der Waals surface area (Å²) >= 11 is 0. The van der Waals surface area contributed by atoms with Gasteiger partial charge >= 0.3 is 0 Å². The van der Waals surface area contributed by atoms with E-state index in [0.717, 1.165) is 5.92 Å². The van der Waals surface area contributed by atoms with Crippen molar-refractivity contribution >= 4 is 0 Å². The Morgan fingerprint density at radius 3 is 2.71 bits per heavy atom. The Balaban J connectivity index is 1.52. The van der Waals surface area contributed by atoms with Crippen LogP contribution in [0.25, 0.3) is 0 Å². The molecule has 3 saturated heterocycles. The smallest absolute Gasteiger partial charge is 0.0733 e. The van der Waals surface area contributed by atoms with Gasteiger partial charge in [0.25, 0.3) is 0 Å². The third-order valence-electron chi connectivity index (χ3n) is 4.97. The topological polar surface area (TPSA) is 24.5 Å². The molecule has 0 amide bonds. The van der Waals surface area contributed by atoms with Crippen molar-refractivity contribution in [2.45, 2.75) is 63.8 Å². The summed E-state index contributed by atoms with van der Waals surface area (Å²) in [6.45, 7) is 8.39. The molecule has 3 heterocycles. The summed E-state index contributed by atoms with van der Waals surface area (Å²) in [6, 6.07) is 1.36. The lowest BCUT2D eigenvalue weighted by Crippen LogP contribution is -2.53. The van der Waals surface area contributed by atoms with Crippen molar-refractivity contribution in [3.05, 3.63) is 0 Å². The average Bonchev–Trinajstić information content (AvgIpc) is 2.93. The highest BCUT2D eigenvalue weighted by Crippen LogP contribution is 2.35. The molecule has 2 bridgehead atoms. The molecule has 3 aliphatic rings. The van der Waals surface area contributed by atoms with Gasteiger partial charge in [-0.15, -0.1) is 0 Å². The number of piperidine rings is 1. The molecule has 0 aliphatic carbocycles. The minimum Gasteiger partial charge on any atom is -0.373 e. The van der Waals surface area contributed by atoms with Crippen LogP contribution in [0.2, 0.25) is 0 Å². The zero-order valence-corrected chi connectivity index (χ0v) is 11.2. The van der Waals surface area contributed by atoms with Gasteiger partial charge in [0.1, 0.15) is 0 Å². The Morgan fingerprint density at radius 1 is 1.24 bits per heavy atom. The van der Waals surface area contributed by atoms with Gasteiger partial charge in [0, 0.05) is 18.6 Å². The number of likely N-dealkylation sites (tertiary alicyclic amines) is 1. The van der Waals surface area contributed by atoms with Crippen molar-refractivity contribution in [1.29, 1.82) is 0 Å². The summed E-state index contributed by atoms with van der Waals surface area (Å²) in [5.74, 6) is 0.780. The molecule has 17 heavy (non-hydrogen) atoms. The van der Waals surface area contributed by atoms with Gasteiger partial charge in [0.2, 0.25) is 0 Å². The van der Waals surface area contributed by atoms with Crippen LogP contribution >= 0.6 is 0 Å². The fraction of sp³-hybridized carbons (Fsp3) is 1.00. The summed E-state index contributed by atoms with van der Waals surface area (Å²) in [4.78, 5) is 2.57. The molecule has 0 saturated carbocycles. The van der Waals surface area contributed by atoms with Crippen molar-refractivity contribution < 1.29 is 4.74 Å². The third kappa shape index (κ3) is 2.38. The normalized spacial score (nSPS) is 46.6. The molecule has 0 spiro atoms. The van der Waals surface area contributed by atoms with E-state index in [-0.39, 0.29) is 0 Å². The predicted octanol–water partition coefficient (Wildman–Crippen LogP) is 1.63. The van der Waals surface area contributed by atoms with Crippen LogP contribution < -0.4 is 5.32 Å². The minimum atomic E-state index is 0.524. The van der Waals surface area contributed by atoms with Crippen LogP contribution in [0.1, 0.15) is 39.5 Å². The minimum absolute atomic E-state index is 0.524. The zero-order chi connectivity index (χ0) is 11.8. The fourth-order valence-corrected chi connectivity index (χ4v) is 3.85. The quantitative estimate of drug-likeness (QED) is 0.809. The lowest BCUT2D eigenvalue weighted by molar-refractivity contribution is 0.0888. The summed E-state index contributed by atoms with van der Waals surface area (Å²) in [5.41, 5.74) is 0. The maximum absolute atomic E-state index is 5.93. The number of nitrogens with zero attached hydrogens (tertiary/aromatic N) is 1. The van der Waals surface area contributed by atoms with E-state index in [4.69, 9.17) is 4.74 Å².